The van der Waals surface area contributed by atoms with Crippen molar-refractivity contribution in [3.8, 4) is 0 Å². The van der Waals surface area contributed by atoms with Crippen LogP contribution < -0.4 is 5.32 Å². The molecule has 36 heavy (non-hydrogen) atoms. The highest BCUT2D eigenvalue weighted by atomic mass is 16.2. The molecule has 0 radical (unpaired) electrons. The highest BCUT2D eigenvalue weighted by Crippen LogP contribution is 2.46. The van der Waals surface area contributed by atoms with Gasteiger partial charge in [0, 0.05) is 29.9 Å². The van der Waals surface area contributed by atoms with E-state index in [-0.39, 0.29) is 41.7 Å². The largest absolute Gasteiger partial charge is 0.349 e. The fraction of sp³-hybridized carbons (Fsp3) is 0.312. The second kappa shape index (κ2) is 10.5. The summed E-state index contributed by atoms with van der Waals surface area (Å²) in [5, 5.41) is 3.28. The summed E-state index contributed by atoms with van der Waals surface area (Å²) in [5.74, 6) is 0.166. The Bertz CT molecular complexity index is 1220. The molecule has 3 aromatic carbocycles. The van der Waals surface area contributed by atoms with Gasteiger partial charge in [-0.3, -0.25) is 9.59 Å². The minimum atomic E-state index is -0.186. The van der Waals surface area contributed by atoms with Crippen LogP contribution in [0.15, 0.2) is 103 Å². The predicted molar refractivity (Wildman–Crippen MR) is 143 cm³/mol. The van der Waals surface area contributed by atoms with Crippen LogP contribution in [-0.2, 0) is 9.59 Å². The molecule has 0 saturated carbocycles. The van der Waals surface area contributed by atoms with Crippen LogP contribution in [0, 0.1) is 11.8 Å². The third-order valence-corrected chi connectivity index (χ3v) is 7.84. The van der Waals surface area contributed by atoms with Crippen molar-refractivity contribution in [2.24, 2.45) is 11.8 Å². The molecule has 184 valence electrons. The Morgan fingerprint density at radius 1 is 0.861 bits per heavy atom. The zero-order valence-electron chi connectivity index (χ0n) is 21.0. The first kappa shape index (κ1) is 24.1. The van der Waals surface area contributed by atoms with Crippen molar-refractivity contribution < 1.29 is 9.59 Å². The molecule has 4 nitrogen and oxygen atoms in total. The number of fused-ring (bicyclic) bond motifs is 1. The number of amides is 2. The van der Waals surface area contributed by atoms with Gasteiger partial charge in [0.25, 0.3) is 0 Å². The number of allylic oxidation sites excluding steroid dienone is 2. The van der Waals surface area contributed by atoms with Gasteiger partial charge in [-0.1, -0.05) is 97.1 Å². The van der Waals surface area contributed by atoms with Gasteiger partial charge in [0.15, 0.2) is 0 Å². The topological polar surface area (TPSA) is 49.4 Å². The SMILES string of the molecule is CC(NC(=O)C1CC2CCC(=O)N(C(C)c3ccccc3)C2=CC1c1ccccc1)c1ccccc1. The standard InChI is InChI=1S/C32H34N2O2/c1-22(24-12-6-3-7-13-24)33-32(36)29-20-27-18-19-31(35)34(23(2)25-14-8-4-9-15-25)30(27)21-28(29)26-16-10-5-11-17-26/h3-17,21-23,27-29H,18-20H2,1-2H3,(H,33,36). The molecule has 5 rings (SSSR count). The smallest absolute Gasteiger partial charge is 0.227 e. The van der Waals surface area contributed by atoms with Gasteiger partial charge in [-0.05, 0) is 43.4 Å². The van der Waals surface area contributed by atoms with Gasteiger partial charge >= 0.3 is 0 Å². The lowest BCUT2D eigenvalue weighted by molar-refractivity contribution is -0.134. The van der Waals surface area contributed by atoms with Crippen molar-refractivity contribution in [2.75, 3.05) is 0 Å². The number of benzene rings is 3. The van der Waals surface area contributed by atoms with E-state index in [9.17, 15) is 9.59 Å². The Morgan fingerprint density at radius 2 is 1.44 bits per heavy atom. The number of piperidine rings is 1. The van der Waals surface area contributed by atoms with Crippen molar-refractivity contribution in [3.63, 3.8) is 0 Å². The second-order valence-electron chi connectivity index (χ2n) is 10.1. The van der Waals surface area contributed by atoms with Gasteiger partial charge in [0.05, 0.1) is 12.1 Å². The molecule has 1 N–H and O–H groups in total. The lowest BCUT2D eigenvalue weighted by Gasteiger charge is -2.45. The molecule has 1 saturated heterocycles. The molecule has 1 heterocycles. The van der Waals surface area contributed by atoms with Crippen LogP contribution in [0.4, 0.5) is 0 Å². The van der Waals surface area contributed by atoms with Crippen LogP contribution in [0.5, 0.6) is 0 Å². The molecule has 5 unspecified atom stereocenters. The Balaban J connectivity index is 1.49. The van der Waals surface area contributed by atoms with Gasteiger partial charge in [-0.2, -0.15) is 0 Å². The van der Waals surface area contributed by atoms with E-state index in [2.05, 4.69) is 42.6 Å². The summed E-state index contributed by atoms with van der Waals surface area (Å²) in [5.41, 5.74) is 4.42. The van der Waals surface area contributed by atoms with E-state index in [0.29, 0.717) is 6.42 Å². The van der Waals surface area contributed by atoms with E-state index in [1.54, 1.807) is 0 Å². The Kier molecular flexibility index (Phi) is 7.04. The molecule has 1 aliphatic heterocycles. The number of nitrogens with one attached hydrogen (secondary N) is 1. The molecule has 4 heteroatoms. The number of rotatable bonds is 6. The van der Waals surface area contributed by atoms with Gasteiger partial charge in [0.1, 0.15) is 0 Å². The minimum Gasteiger partial charge on any atom is -0.349 e. The number of hydrogen-bond acceptors (Lipinski definition) is 2. The molecular formula is C32H34N2O2. The van der Waals surface area contributed by atoms with E-state index < -0.39 is 0 Å². The van der Waals surface area contributed by atoms with Crippen LogP contribution in [0.3, 0.4) is 0 Å². The summed E-state index contributed by atoms with van der Waals surface area (Å²) in [6.07, 6.45) is 4.27. The number of hydrogen-bond donors (Lipinski definition) is 1. The minimum absolute atomic E-state index is 0.0485. The maximum absolute atomic E-state index is 13.7. The zero-order chi connectivity index (χ0) is 25.1. The van der Waals surface area contributed by atoms with E-state index >= 15 is 0 Å². The Labute approximate surface area is 214 Å². The van der Waals surface area contributed by atoms with Crippen LogP contribution in [0.25, 0.3) is 0 Å². The average Bonchev–Trinajstić information content (AvgIpc) is 2.93. The molecule has 0 bridgehead atoms. The third-order valence-electron chi connectivity index (χ3n) is 7.84. The molecule has 0 aromatic heterocycles. The molecule has 5 atom stereocenters. The van der Waals surface area contributed by atoms with Gasteiger partial charge in [-0.25, -0.2) is 0 Å². The highest BCUT2D eigenvalue weighted by Gasteiger charge is 2.43. The van der Waals surface area contributed by atoms with Gasteiger partial charge in [0.2, 0.25) is 11.8 Å². The van der Waals surface area contributed by atoms with Crippen molar-refractivity contribution in [2.45, 2.75) is 51.1 Å². The molecule has 2 amide bonds. The summed E-state index contributed by atoms with van der Waals surface area (Å²) in [6, 6.07) is 30.4. The van der Waals surface area contributed by atoms with Crippen molar-refractivity contribution in [1.82, 2.24) is 10.2 Å². The Hall–Kier alpha value is -3.66. The number of nitrogens with zero attached hydrogens (tertiary/aromatic N) is 1. The first-order chi connectivity index (χ1) is 17.5. The van der Waals surface area contributed by atoms with Crippen molar-refractivity contribution in [1.29, 1.82) is 0 Å². The summed E-state index contributed by atoms with van der Waals surface area (Å²) >= 11 is 0. The highest BCUT2D eigenvalue weighted by molar-refractivity contribution is 5.83. The molecule has 1 aliphatic carbocycles. The lowest BCUT2D eigenvalue weighted by atomic mass is 9.70. The first-order valence-corrected chi connectivity index (χ1v) is 13.0. The van der Waals surface area contributed by atoms with Gasteiger partial charge in [-0.15, -0.1) is 0 Å². The second-order valence-corrected chi connectivity index (χ2v) is 10.1. The van der Waals surface area contributed by atoms with Crippen LogP contribution in [-0.4, -0.2) is 16.7 Å². The summed E-state index contributed by atoms with van der Waals surface area (Å²) in [6.45, 7) is 4.14. The lowest BCUT2D eigenvalue weighted by Crippen LogP contribution is -2.45. The normalized spacial score (nSPS) is 23.3. The first-order valence-electron chi connectivity index (χ1n) is 13.0. The molecule has 3 aromatic rings. The number of carbonyl (C=O) groups excluding carboxylic acids is 2. The summed E-state index contributed by atoms with van der Waals surface area (Å²) in [7, 11) is 0. The van der Waals surface area contributed by atoms with E-state index in [1.807, 2.05) is 78.6 Å². The molecular weight excluding hydrogens is 444 g/mol. The van der Waals surface area contributed by atoms with E-state index in [4.69, 9.17) is 0 Å². The Morgan fingerprint density at radius 3 is 2.08 bits per heavy atom. The fourth-order valence-corrected chi connectivity index (χ4v) is 5.85. The van der Waals surface area contributed by atoms with Crippen molar-refractivity contribution in [3.05, 3.63) is 119 Å². The maximum Gasteiger partial charge on any atom is 0.227 e. The van der Waals surface area contributed by atoms with Crippen LogP contribution >= 0.6 is 0 Å². The molecule has 2 aliphatic rings. The average molecular weight is 479 g/mol. The van der Waals surface area contributed by atoms with Crippen LogP contribution in [0.1, 0.15) is 67.8 Å². The van der Waals surface area contributed by atoms with Gasteiger partial charge < -0.3 is 10.2 Å². The van der Waals surface area contributed by atoms with Crippen LogP contribution in [0.2, 0.25) is 0 Å². The quantitative estimate of drug-likeness (QED) is 0.437. The van der Waals surface area contributed by atoms with E-state index in [0.717, 1.165) is 35.2 Å². The predicted octanol–water partition coefficient (Wildman–Crippen LogP) is 6.55. The fourth-order valence-electron chi connectivity index (χ4n) is 5.85. The monoisotopic (exact) mass is 478 g/mol. The number of carbonyl (C=O) groups is 2. The molecule has 1 fully saturated rings. The van der Waals surface area contributed by atoms with E-state index in [1.165, 1.54) is 0 Å². The maximum atomic E-state index is 13.7. The summed E-state index contributed by atoms with van der Waals surface area (Å²) < 4.78 is 0. The number of likely N-dealkylation sites (tertiary alicyclic amines) is 1. The summed E-state index contributed by atoms with van der Waals surface area (Å²) in [4.78, 5) is 29.0. The van der Waals surface area contributed by atoms with Crippen molar-refractivity contribution >= 4 is 11.8 Å². The zero-order valence-corrected chi connectivity index (χ0v) is 21.0. The molecule has 0 spiro atoms. The third kappa shape index (κ3) is 4.86.